The molecule has 0 radical (unpaired) electrons. The summed E-state index contributed by atoms with van der Waals surface area (Å²) >= 11 is 0. The van der Waals surface area contributed by atoms with E-state index in [1.807, 2.05) is 18.2 Å². The topological polar surface area (TPSA) is 102 Å². The van der Waals surface area contributed by atoms with Crippen LogP contribution in [0.1, 0.15) is 10.5 Å². The number of para-hydroxylation sites is 1. The van der Waals surface area contributed by atoms with Gasteiger partial charge in [0.2, 0.25) is 5.91 Å². The highest BCUT2D eigenvalue weighted by Crippen LogP contribution is 2.07. The molecule has 8 nitrogen and oxygen atoms in total. The van der Waals surface area contributed by atoms with Crippen LogP contribution in [0.3, 0.4) is 0 Å². The van der Waals surface area contributed by atoms with Gasteiger partial charge >= 0.3 is 0 Å². The third-order valence-electron chi connectivity index (χ3n) is 3.21. The molecule has 2 N–H and O–H groups in total. The number of nitrogens with one attached hydrogen (secondary N) is 2. The molecule has 2 rings (SSSR count). The Hall–Kier alpha value is -3.60. The van der Waals surface area contributed by atoms with Crippen LogP contribution < -0.4 is 20.9 Å². The van der Waals surface area contributed by atoms with Crippen LogP contribution in [0, 0.1) is 12.3 Å². The van der Waals surface area contributed by atoms with E-state index < -0.39 is 11.8 Å². The number of aromatic nitrogens is 2. The number of nitrogens with zero attached hydrogens (tertiary/aromatic N) is 2. The third kappa shape index (κ3) is 5.79. The Bertz CT molecular complexity index is 855. The number of rotatable bonds is 8. The molecule has 0 aliphatic heterocycles. The van der Waals surface area contributed by atoms with Crippen LogP contribution in [0.5, 0.6) is 5.75 Å². The first-order chi connectivity index (χ1) is 12.6. The van der Waals surface area contributed by atoms with Crippen LogP contribution in [-0.4, -0.2) is 41.3 Å². The molecule has 2 amide bonds. The predicted octanol–water partition coefficient (Wildman–Crippen LogP) is -0.198. The molecule has 0 fully saturated rings. The second-order valence-corrected chi connectivity index (χ2v) is 5.10. The minimum absolute atomic E-state index is 0.0223. The molecule has 0 aliphatic carbocycles. The first-order valence-electron chi connectivity index (χ1n) is 7.84. The minimum Gasteiger partial charge on any atom is -0.492 e. The van der Waals surface area contributed by atoms with Crippen LogP contribution in [-0.2, 0) is 11.3 Å². The van der Waals surface area contributed by atoms with E-state index in [1.54, 1.807) is 12.1 Å². The van der Waals surface area contributed by atoms with Crippen molar-refractivity contribution in [2.24, 2.45) is 0 Å². The van der Waals surface area contributed by atoms with Gasteiger partial charge in [0.25, 0.3) is 11.5 Å². The van der Waals surface area contributed by atoms with Gasteiger partial charge in [0, 0.05) is 6.07 Å². The average molecular weight is 354 g/mol. The zero-order chi connectivity index (χ0) is 18.8. The number of hydrogen-bond acceptors (Lipinski definition) is 5. The SMILES string of the molecule is C#CCNC(=O)CNC(=O)c1ccc(=O)n(CCOc2ccccc2)n1. The van der Waals surface area contributed by atoms with Crippen molar-refractivity contribution in [1.82, 2.24) is 20.4 Å². The van der Waals surface area contributed by atoms with Crippen molar-refractivity contribution in [1.29, 1.82) is 0 Å². The van der Waals surface area contributed by atoms with Gasteiger partial charge in [-0.25, -0.2) is 4.68 Å². The van der Waals surface area contributed by atoms with Gasteiger partial charge < -0.3 is 15.4 Å². The Kier molecular flexibility index (Phi) is 6.94. The van der Waals surface area contributed by atoms with Crippen molar-refractivity contribution in [3.63, 3.8) is 0 Å². The summed E-state index contributed by atoms with van der Waals surface area (Å²) in [5.41, 5.74) is -0.334. The summed E-state index contributed by atoms with van der Waals surface area (Å²) in [6.07, 6.45) is 5.03. The molecule has 1 aromatic heterocycles. The predicted molar refractivity (Wildman–Crippen MR) is 94.6 cm³/mol. The Labute approximate surface area is 150 Å². The molecule has 1 heterocycles. The van der Waals surface area contributed by atoms with Gasteiger partial charge in [-0.1, -0.05) is 24.1 Å². The van der Waals surface area contributed by atoms with Gasteiger partial charge in [-0.2, -0.15) is 5.10 Å². The summed E-state index contributed by atoms with van der Waals surface area (Å²) in [5, 5.41) is 8.82. The number of amides is 2. The van der Waals surface area contributed by atoms with E-state index in [2.05, 4.69) is 21.7 Å². The van der Waals surface area contributed by atoms with Gasteiger partial charge in [0.1, 0.15) is 18.1 Å². The Balaban J connectivity index is 1.91. The lowest BCUT2D eigenvalue weighted by Gasteiger charge is -2.09. The molecule has 2 aromatic rings. The van der Waals surface area contributed by atoms with Gasteiger partial charge in [-0.15, -0.1) is 6.42 Å². The van der Waals surface area contributed by atoms with E-state index in [0.29, 0.717) is 5.75 Å². The van der Waals surface area contributed by atoms with E-state index in [0.717, 1.165) is 4.68 Å². The highest BCUT2D eigenvalue weighted by atomic mass is 16.5. The molecule has 0 aliphatic rings. The zero-order valence-electron chi connectivity index (χ0n) is 14.0. The Morgan fingerprint density at radius 3 is 2.65 bits per heavy atom. The lowest BCUT2D eigenvalue weighted by atomic mass is 10.3. The van der Waals surface area contributed by atoms with Gasteiger partial charge in [-0.05, 0) is 18.2 Å². The number of carbonyl (C=O) groups is 2. The lowest BCUT2D eigenvalue weighted by Crippen LogP contribution is -2.38. The minimum atomic E-state index is -0.571. The van der Waals surface area contributed by atoms with E-state index >= 15 is 0 Å². The molecular formula is C18H18N4O4. The van der Waals surface area contributed by atoms with Gasteiger partial charge in [0.05, 0.1) is 19.6 Å². The molecule has 0 bridgehead atoms. The normalized spacial score (nSPS) is 9.81. The maximum atomic E-state index is 12.0. The van der Waals surface area contributed by atoms with Crippen molar-refractivity contribution < 1.29 is 14.3 Å². The van der Waals surface area contributed by atoms with Crippen LogP contribution >= 0.6 is 0 Å². The summed E-state index contributed by atoms with van der Waals surface area (Å²) in [7, 11) is 0. The van der Waals surface area contributed by atoms with Crippen molar-refractivity contribution in [3.05, 3.63) is 58.5 Å². The van der Waals surface area contributed by atoms with Crippen LogP contribution in [0.4, 0.5) is 0 Å². The molecule has 134 valence electrons. The summed E-state index contributed by atoms with van der Waals surface area (Å²) in [6.45, 7) is 0.242. The molecular weight excluding hydrogens is 336 g/mol. The first-order valence-corrected chi connectivity index (χ1v) is 7.84. The largest absolute Gasteiger partial charge is 0.492 e. The number of hydrogen-bond donors (Lipinski definition) is 2. The van der Waals surface area contributed by atoms with Crippen LogP contribution in [0.25, 0.3) is 0 Å². The fourth-order valence-electron chi connectivity index (χ4n) is 1.96. The Morgan fingerprint density at radius 2 is 1.92 bits per heavy atom. The molecule has 0 saturated carbocycles. The number of benzene rings is 1. The average Bonchev–Trinajstić information content (AvgIpc) is 2.66. The van der Waals surface area contributed by atoms with E-state index in [1.165, 1.54) is 12.1 Å². The zero-order valence-corrected chi connectivity index (χ0v) is 14.0. The summed E-state index contributed by atoms with van der Waals surface area (Å²) < 4.78 is 6.65. The summed E-state index contributed by atoms with van der Waals surface area (Å²) in [5.74, 6) is 1.94. The molecule has 0 atom stereocenters. The molecule has 0 spiro atoms. The van der Waals surface area contributed by atoms with Crippen molar-refractivity contribution in [2.45, 2.75) is 6.54 Å². The molecule has 0 saturated heterocycles. The molecule has 8 heteroatoms. The van der Waals surface area contributed by atoms with Crippen LogP contribution in [0.2, 0.25) is 0 Å². The first kappa shape index (κ1) is 18.7. The number of carbonyl (C=O) groups excluding carboxylic acids is 2. The third-order valence-corrected chi connectivity index (χ3v) is 3.21. The van der Waals surface area contributed by atoms with Gasteiger partial charge in [-0.3, -0.25) is 14.4 Å². The van der Waals surface area contributed by atoms with Crippen molar-refractivity contribution >= 4 is 11.8 Å². The standard InChI is InChI=1S/C18H18N4O4/c1-2-10-19-16(23)13-20-18(25)15-8-9-17(24)22(21-15)11-12-26-14-6-4-3-5-7-14/h1,3-9H,10-13H2,(H,19,23)(H,20,25). The second kappa shape index (κ2) is 9.64. The maximum absolute atomic E-state index is 12.0. The Morgan fingerprint density at radius 1 is 1.15 bits per heavy atom. The fraction of sp³-hybridized carbons (Fsp3) is 0.222. The van der Waals surface area contributed by atoms with Gasteiger partial charge in [0.15, 0.2) is 0 Å². The van der Waals surface area contributed by atoms with Crippen molar-refractivity contribution in [2.75, 3.05) is 19.7 Å². The second-order valence-electron chi connectivity index (χ2n) is 5.10. The van der Waals surface area contributed by atoms with Crippen LogP contribution in [0.15, 0.2) is 47.3 Å². The number of terminal acetylenes is 1. The monoisotopic (exact) mass is 354 g/mol. The van der Waals surface area contributed by atoms with E-state index in [9.17, 15) is 14.4 Å². The van der Waals surface area contributed by atoms with Crippen molar-refractivity contribution in [3.8, 4) is 18.1 Å². The maximum Gasteiger partial charge on any atom is 0.272 e. The van der Waals surface area contributed by atoms with E-state index in [-0.39, 0.29) is 37.5 Å². The smallest absolute Gasteiger partial charge is 0.272 e. The number of ether oxygens (including phenoxy) is 1. The molecule has 1 aromatic carbocycles. The summed E-state index contributed by atoms with van der Waals surface area (Å²) in [6, 6.07) is 11.7. The van der Waals surface area contributed by atoms with E-state index in [4.69, 9.17) is 11.2 Å². The quantitative estimate of drug-likeness (QED) is 0.639. The molecule has 26 heavy (non-hydrogen) atoms. The highest BCUT2D eigenvalue weighted by molar-refractivity contribution is 5.94. The lowest BCUT2D eigenvalue weighted by molar-refractivity contribution is -0.119. The highest BCUT2D eigenvalue weighted by Gasteiger charge is 2.11. The summed E-state index contributed by atoms with van der Waals surface area (Å²) in [4.78, 5) is 35.3. The molecule has 0 unspecified atom stereocenters. The fourth-order valence-corrected chi connectivity index (χ4v) is 1.96.